The predicted octanol–water partition coefficient (Wildman–Crippen LogP) is 0.756. The van der Waals surface area contributed by atoms with Gasteiger partial charge in [-0.3, -0.25) is 18.8 Å². The monoisotopic (exact) mass is 214 g/mol. The van der Waals surface area contributed by atoms with Crippen molar-refractivity contribution < 1.29 is 8.97 Å². The van der Waals surface area contributed by atoms with Crippen molar-refractivity contribution in [2.24, 2.45) is 0 Å². The number of guanidine groups is 1. The Hall–Kier alpha value is -0.800. The van der Waals surface area contributed by atoms with E-state index in [0.717, 1.165) is 19.6 Å². The molecule has 0 atom stereocenters. The lowest BCUT2D eigenvalue weighted by molar-refractivity contribution is -0.515. The maximum Gasteiger partial charge on any atom is 0.350 e. The number of hydrogen-bond donors (Lipinski definition) is 0. The molecular formula is C11H21FN3+. The summed E-state index contributed by atoms with van der Waals surface area (Å²) in [4.78, 5) is 4.80. The number of rotatable bonds is 3. The fourth-order valence-corrected chi connectivity index (χ4v) is 2.61. The number of alkyl halides is 1. The van der Waals surface area contributed by atoms with Crippen LogP contribution in [0.3, 0.4) is 0 Å². The molecule has 0 aromatic heterocycles. The van der Waals surface area contributed by atoms with Gasteiger partial charge in [0.05, 0.1) is 46.4 Å². The molecule has 86 valence electrons. The molecule has 0 N–H and O–H groups in total. The first-order chi connectivity index (χ1) is 7.33. The lowest BCUT2D eigenvalue weighted by Gasteiger charge is -2.36. The second-order valence-corrected chi connectivity index (χ2v) is 4.45. The van der Waals surface area contributed by atoms with Crippen LogP contribution in [0.25, 0.3) is 0 Å². The summed E-state index contributed by atoms with van der Waals surface area (Å²) in [7, 11) is 2.15. The van der Waals surface area contributed by atoms with Crippen LogP contribution < -0.4 is 0 Å². The third-order valence-electron chi connectivity index (χ3n) is 3.25. The summed E-state index contributed by atoms with van der Waals surface area (Å²) in [5.74, 6) is 1.33. The van der Waals surface area contributed by atoms with Crippen molar-refractivity contribution >= 4 is 5.96 Å². The van der Waals surface area contributed by atoms with Crippen molar-refractivity contribution in [2.45, 2.75) is 19.3 Å². The minimum Gasteiger partial charge on any atom is -0.267 e. The lowest BCUT2D eigenvalue weighted by atomic mass is 10.2. The minimum atomic E-state index is -0.201. The molecule has 4 heteroatoms. The van der Waals surface area contributed by atoms with Gasteiger partial charge in [-0.1, -0.05) is 0 Å². The fourth-order valence-electron chi connectivity index (χ4n) is 2.61. The molecule has 0 unspecified atom stereocenters. The highest BCUT2D eigenvalue weighted by Crippen LogP contribution is 2.13. The zero-order valence-electron chi connectivity index (χ0n) is 9.58. The van der Waals surface area contributed by atoms with Crippen molar-refractivity contribution in [1.82, 2.24) is 9.80 Å². The van der Waals surface area contributed by atoms with Gasteiger partial charge in [-0.2, -0.15) is 0 Å². The second kappa shape index (κ2) is 4.81. The molecule has 15 heavy (non-hydrogen) atoms. The van der Waals surface area contributed by atoms with E-state index < -0.39 is 0 Å². The quantitative estimate of drug-likeness (QED) is 0.642. The summed E-state index contributed by atoms with van der Waals surface area (Å²) in [6.45, 7) is 5.24. The number of hydrogen-bond acceptors (Lipinski definition) is 2. The molecular weight excluding hydrogens is 193 g/mol. The number of fused-ring (bicyclic) bond motifs is 1. The molecule has 0 aromatic rings. The van der Waals surface area contributed by atoms with Crippen molar-refractivity contribution in [3.05, 3.63) is 0 Å². The van der Waals surface area contributed by atoms with Gasteiger partial charge in [0.15, 0.2) is 0 Å². The van der Waals surface area contributed by atoms with Gasteiger partial charge in [0, 0.05) is 19.3 Å². The zero-order valence-corrected chi connectivity index (χ0v) is 9.58. The average Bonchev–Trinajstić information content (AvgIpc) is 2.26. The SMILES string of the molecule is C[N+]1=C2N(CCCF)CCCN2CCC1. The zero-order chi connectivity index (χ0) is 10.7. The van der Waals surface area contributed by atoms with Crippen LogP contribution in [0.15, 0.2) is 0 Å². The van der Waals surface area contributed by atoms with Gasteiger partial charge in [0.1, 0.15) is 0 Å². The normalized spacial score (nSPS) is 22.0. The van der Waals surface area contributed by atoms with Gasteiger partial charge in [0.25, 0.3) is 0 Å². The average molecular weight is 214 g/mol. The maximum atomic E-state index is 12.2. The molecule has 0 bridgehead atoms. The van der Waals surface area contributed by atoms with Crippen LogP contribution in [0.2, 0.25) is 0 Å². The summed E-state index contributed by atoms with van der Waals surface area (Å²) in [6, 6.07) is 0. The van der Waals surface area contributed by atoms with E-state index >= 15 is 0 Å². The van der Waals surface area contributed by atoms with Gasteiger partial charge >= 0.3 is 5.96 Å². The Morgan fingerprint density at radius 1 is 1.27 bits per heavy atom. The van der Waals surface area contributed by atoms with Crippen LogP contribution >= 0.6 is 0 Å². The third kappa shape index (κ3) is 2.24. The van der Waals surface area contributed by atoms with Gasteiger partial charge < -0.3 is 0 Å². The van der Waals surface area contributed by atoms with E-state index in [2.05, 4.69) is 21.4 Å². The van der Waals surface area contributed by atoms with E-state index in [4.69, 9.17) is 0 Å². The van der Waals surface area contributed by atoms with Crippen LogP contribution in [0.1, 0.15) is 19.3 Å². The molecule has 1 fully saturated rings. The molecule has 0 aromatic carbocycles. The smallest absolute Gasteiger partial charge is 0.267 e. The van der Waals surface area contributed by atoms with E-state index in [9.17, 15) is 4.39 Å². The van der Waals surface area contributed by atoms with Crippen LogP contribution in [-0.4, -0.2) is 66.8 Å². The fraction of sp³-hybridized carbons (Fsp3) is 0.909. The first-order valence-corrected chi connectivity index (χ1v) is 5.97. The summed E-state index contributed by atoms with van der Waals surface area (Å²) in [6.07, 6.45) is 3.12. The van der Waals surface area contributed by atoms with E-state index in [1.54, 1.807) is 0 Å². The van der Waals surface area contributed by atoms with Crippen LogP contribution in [0.5, 0.6) is 0 Å². The molecule has 0 aliphatic carbocycles. The van der Waals surface area contributed by atoms with Crippen LogP contribution in [0.4, 0.5) is 4.39 Å². The first-order valence-electron chi connectivity index (χ1n) is 5.97. The topological polar surface area (TPSA) is 9.49 Å². The molecule has 0 spiro atoms. The summed E-state index contributed by atoms with van der Waals surface area (Å²) in [5.41, 5.74) is 0. The molecule has 0 saturated carbocycles. The number of halogens is 1. The lowest BCUT2D eigenvalue weighted by Crippen LogP contribution is -2.57. The Kier molecular flexibility index (Phi) is 3.44. The molecule has 0 amide bonds. The Morgan fingerprint density at radius 3 is 2.87 bits per heavy atom. The Balaban J connectivity index is 2.09. The summed E-state index contributed by atoms with van der Waals surface area (Å²) >= 11 is 0. The van der Waals surface area contributed by atoms with Crippen molar-refractivity contribution in [3.8, 4) is 0 Å². The molecule has 0 radical (unpaired) electrons. The predicted molar refractivity (Wildman–Crippen MR) is 59.0 cm³/mol. The Labute approximate surface area is 91.2 Å². The van der Waals surface area contributed by atoms with Gasteiger partial charge in [-0.15, -0.1) is 0 Å². The number of nitrogens with zero attached hydrogens (tertiary/aromatic N) is 3. The highest BCUT2D eigenvalue weighted by atomic mass is 19.1. The molecule has 1 saturated heterocycles. The summed E-state index contributed by atoms with van der Waals surface area (Å²) < 4.78 is 14.5. The molecule has 2 aliphatic rings. The molecule has 2 aliphatic heterocycles. The van der Waals surface area contributed by atoms with Crippen LogP contribution in [0, 0.1) is 0 Å². The Morgan fingerprint density at radius 2 is 2.07 bits per heavy atom. The van der Waals surface area contributed by atoms with E-state index in [1.807, 2.05) is 0 Å². The summed E-state index contributed by atoms with van der Waals surface area (Å²) in [5, 5.41) is 0. The highest BCUT2D eigenvalue weighted by Gasteiger charge is 2.33. The van der Waals surface area contributed by atoms with E-state index in [0.29, 0.717) is 6.42 Å². The van der Waals surface area contributed by atoms with Gasteiger partial charge in [-0.25, -0.2) is 0 Å². The van der Waals surface area contributed by atoms with Gasteiger partial charge in [0.2, 0.25) is 0 Å². The largest absolute Gasteiger partial charge is 0.350 e. The van der Waals surface area contributed by atoms with E-state index in [1.165, 1.54) is 31.9 Å². The van der Waals surface area contributed by atoms with Crippen LogP contribution in [-0.2, 0) is 0 Å². The standard InChI is InChI=1S/C11H21FN3/c1-13-6-3-8-15-10-4-9-14(11(13)15)7-2-5-12/h2-10H2,1H3/q+1. The highest BCUT2D eigenvalue weighted by molar-refractivity contribution is 5.76. The van der Waals surface area contributed by atoms with E-state index in [-0.39, 0.29) is 6.67 Å². The van der Waals surface area contributed by atoms with Gasteiger partial charge in [-0.05, 0) is 0 Å². The minimum absolute atomic E-state index is 0.201. The first kappa shape index (κ1) is 10.7. The molecule has 2 rings (SSSR count). The Bertz CT molecular complexity index is 252. The second-order valence-electron chi connectivity index (χ2n) is 4.45. The molecule has 2 heterocycles. The maximum absolute atomic E-state index is 12.2. The third-order valence-corrected chi connectivity index (χ3v) is 3.25. The van der Waals surface area contributed by atoms with Crippen molar-refractivity contribution in [2.75, 3.05) is 46.4 Å². The van der Waals surface area contributed by atoms with Crippen molar-refractivity contribution in [3.63, 3.8) is 0 Å². The molecule has 3 nitrogen and oxygen atoms in total. The van der Waals surface area contributed by atoms with Crippen molar-refractivity contribution in [1.29, 1.82) is 0 Å².